The zero-order valence-electron chi connectivity index (χ0n) is 4.02. The average molecular weight is 119 g/mol. The van der Waals surface area contributed by atoms with Crippen molar-refractivity contribution in [2.75, 3.05) is 6.61 Å². The van der Waals surface area contributed by atoms with Crippen LogP contribution in [0.3, 0.4) is 0 Å². The lowest BCUT2D eigenvalue weighted by atomic mass is 10.5. The van der Waals surface area contributed by atoms with Crippen LogP contribution < -0.4 is 0 Å². The van der Waals surface area contributed by atoms with E-state index in [1.54, 1.807) is 6.08 Å². The van der Waals surface area contributed by atoms with E-state index in [9.17, 15) is 4.57 Å². The molecule has 0 amide bonds. The van der Waals surface area contributed by atoms with Gasteiger partial charge in [0, 0.05) is 0 Å². The van der Waals surface area contributed by atoms with Crippen molar-refractivity contribution in [3.05, 3.63) is 12.7 Å². The quantitative estimate of drug-likeness (QED) is 0.318. The topological polar surface area (TPSA) is 26.3 Å². The van der Waals surface area contributed by atoms with Crippen molar-refractivity contribution in [3.8, 4) is 0 Å². The standard InChI is InChI=1S/C4H8O2P/c1-2-3-4-6-7-5/h2,7H,1,3-4H2/q+1. The molecule has 7 heavy (non-hydrogen) atoms. The van der Waals surface area contributed by atoms with Crippen LogP contribution in [0.5, 0.6) is 0 Å². The first-order chi connectivity index (χ1) is 3.41. The van der Waals surface area contributed by atoms with Crippen molar-refractivity contribution >= 4 is 8.69 Å². The van der Waals surface area contributed by atoms with Crippen molar-refractivity contribution in [3.63, 3.8) is 0 Å². The summed E-state index contributed by atoms with van der Waals surface area (Å²) in [4.78, 5) is 0. The Kier molecular flexibility index (Phi) is 5.63. The first-order valence-corrected chi connectivity index (χ1v) is 2.83. The van der Waals surface area contributed by atoms with Gasteiger partial charge in [0.2, 0.25) is 0 Å². The SMILES string of the molecule is C=CCCO[PH+]=O. The highest BCUT2D eigenvalue weighted by molar-refractivity contribution is 7.17. The maximum Gasteiger partial charge on any atom is 0.494 e. The minimum absolute atomic E-state index is 0.519. The van der Waals surface area contributed by atoms with Gasteiger partial charge in [-0.2, -0.15) is 0 Å². The Hall–Kier alpha value is -0.200. The molecule has 1 atom stereocenters. The molecule has 1 unspecified atom stereocenters. The lowest BCUT2D eigenvalue weighted by Crippen LogP contribution is -1.76. The molecule has 0 radical (unpaired) electrons. The third-order valence-corrected chi connectivity index (χ3v) is 0.805. The second-order valence-electron chi connectivity index (χ2n) is 1.01. The van der Waals surface area contributed by atoms with Crippen LogP contribution in [-0.2, 0) is 9.09 Å². The van der Waals surface area contributed by atoms with E-state index in [-0.39, 0.29) is 0 Å². The van der Waals surface area contributed by atoms with Crippen LogP contribution in [0, 0.1) is 0 Å². The van der Waals surface area contributed by atoms with Gasteiger partial charge in [0.25, 0.3) is 0 Å². The smallest absolute Gasteiger partial charge is 0.148 e. The van der Waals surface area contributed by atoms with Gasteiger partial charge in [0.05, 0.1) is 0 Å². The molecule has 0 aliphatic rings. The van der Waals surface area contributed by atoms with E-state index in [0.29, 0.717) is 6.61 Å². The molecule has 0 heterocycles. The maximum absolute atomic E-state index is 9.58. The molecule has 0 aliphatic heterocycles. The molecule has 2 nitrogen and oxygen atoms in total. The zero-order chi connectivity index (χ0) is 5.54. The Labute approximate surface area is 44.5 Å². The molecule has 0 spiro atoms. The van der Waals surface area contributed by atoms with Gasteiger partial charge in [0.15, 0.2) is 0 Å². The van der Waals surface area contributed by atoms with Crippen LogP contribution in [0.15, 0.2) is 12.7 Å². The fraction of sp³-hybridized carbons (Fsp3) is 0.500. The fourth-order valence-corrected chi connectivity index (χ4v) is 0.385. The Morgan fingerprint density at radius 3 is 3.00 bits per heavy atom. The van der Waals surface area contributed by atoms with E-state index in [1.807, 2.05) is 0 Å². The van der Waals surface area contributed by atoms with E-state index in [2.05, 4.69) is 11.1 Å². The highest BCUT2D eigenvalue weighted by Crippen LogP contribution is 1.94. The maximum atomic E-state index is 9.58. The summed E-state index contributed by atoms with van der Waals surface area (Å²) >= 11 is 0. The molecule has 0 aromatic rings. The number of rotatable bonds is 4. The van der Waals surface area contributed by atoms with Crippen LogP contribution in [0.2, 0.25) is 0 Å². The van der Waals surface area contributed by atoms with E-state index >= 15 is 0 Å². The number of hydrogen-bond acceptors (Lipinski definition) is 2. The molecule has 0 aromatic heterocycles. The summed E-state index contributed by atoms with van der Waals surface area (Å²) in [5.74, 6) is 0. The van der Waals surface area contributed by atoms with E-state index in [0.717, 1.165) is 6.42 Å². The van der Waals surface area contributed by atoms with Crippen molar-refractivity contribution in [2.45, 2.75) is 6.42 Å². The molecule has 0 rings (SSSR count). The Morgan fingerprint density at radius 2 is 2.57 bits per heavy atom. The second-order valence-corrected chi connectivity index (χ2v) is 1.46. The lowest BCUT2D eigenvalue weighted by Gasteiger charge is -1.76. The van der Waals surface area contributed by atoms with Crippen LogP contribution >= 0.6 is 8.69 Å². The van der Waals surface area contributed by atoms with E-state index < -0.39 is 8.69 Å². The normalized spacial score (nSPS) is 9.14. The molecular weight excluding hydrogens is 111 g/mol. The molecule has 3 heteroatoms. The third kappa shape index (κ3) is 5.80. The molecular formula is C4H8O2P+. The van der Waals surface area contributed by atoms with Crippen molar-refractivity contribution in [1.82, 2.24) is 0 Å². The van der Waals surface area contributed by atoms with E-state index in [4.69, 9.17) is 0 Å². The van der Waals surface area contributed by atoms with Crippen molar-refractivity contribution in [2.24, 2.45) is 0 Å². The Morgan fingerprint density at radius 1 is 1.86 bits per heavy atom. The van der Waals surface area contributed by atoms with Crippen LogP contribution in [0.1, 0.15) is 6.42 Å². The van der Waals surface area contributed by atoms with Crippen molar-refractivity contribution < 1.29 is 9.09 Å². The minimum Gasteiger partial charge on any atom is -0.148 e. The van der Waals surface area contributed by atoms with Gasteiger partial charge in [-0.15, -0.1) is 11.1 Å². The monoisotopic (exact) mass is 119 g/mol. The summed E-state index contributed by atoms with van der Waals surface area (Å²) in [6.45, 7) is 3.97. The molecule has 0 aromatic carbocycles. The van der Waals surface area contributed by atoms with Crippen LogP contribution in [0.4, 0.5) is 0 Å². The van der Waals surface area contributed by atoms with Gasteiger partial charge in [-0.05, 0) is 11.0 Å². The van der Waals surface area contributed by atoms with Gasteiger partial charge in [0.1, 0.15) is 6.61 Å². The van der Waals surface area contributed by atoms with Crippen LogP contribution in [-0.4, -0.2) is 6.61 Å². The molecule has 40 valence electrons. The largest absolute Gasteiger partial charge is 0.494 e. The van der Waals surface area contributed by atoms with Gasteiger partial charge >= 0.3 is 8.69 Å². The molecule has 0 saturated carbocycles. The van der Waals surface area contributed by atoms with Gasteiger partial charge in [-0.25, -0.2) is 0 Å². The van der Waals surface area contributed by atoms with Crippen LogP contribution in [0.25, 0.3) is 0 Å². The predicted molar refractivity (Wildman–Crippen MR) is 29.8 cm³/mol. The molecule has 0 bridgehead atoms. The molecule has 0 N–H and O–H groups in total. The summed E-state index contributed by atoms with van der Waals surface area (Å²) in [6.07, 6.45) is 2.50. The second kappa shape index (κ2) is 5.80. The fourth-order valence-electron chi connectivity index (χ4n) is 0.184. The highest BCUT2D eigenvalue weighted by atomic mass is 31.1. The molecule has 0 fully saturated rings. The summed E-state index contributed by atoms with van der Waals surface area (Å²) in [5, 5.41) is 0. The van der Waals surface area contributed by atoms with E-state index in [1.165, 1.54) is 0 Å². The Balaban J connectivity index is 2.68. The van der Waals surface area contributed by atoms with Gasteiger partial charge in [-0.1, -0.05) is 6.08 Å². The minimum atomic E-state index is -0.630. The predicted octanol–water partition coefficient (Wildman–Crippen LogP) is 1.52. The first-order valence-electron chi connectivity index (χ1n) is 2.01. The average Bonchev–Trinajstić information content (AvgIpc) is 1.69. The number of hydrogen-bond donors (Lipinski definition) is 0. The summed E-state index contributed by atoms with van der Waals surface area (Å²) in [6, 6.07) is 0. The third-order valence-electron chi connectivity index (χ3n) is 0.483. The molecule has 0 aliphatic carbocycles. The van der Waals surface area contributed by atoms with Gasteiger partial charge in [-0.3, -0.25) is 0 Å². The Bertz CT molecular complexity index is 54.7. The lowest BCUT2D eigenvalue weighted by molar-refractivity contribution is 0.350. The highest BCUT2D eigenvalue weighted by Gasteiger charge is 1.85. The van der Waals surface area contributed by atoms with Gasteiger partial charge < -0.3 is 0 Å². The summed E-state index contributed by atoms with van der Waals surface area (Å²) in [5.41, 5.74) is 0. The summed E-state index contributed by atoms with van der Waals surface area (Å²) in [7, 11) is -0.630. The summed E-state index contributed by atoms with van der Waals surface area (Å²) < 4.78 is 14.1. The zero-order valence-corrected chi connectivity index (χ0v) is 5.02. The molecule has 0 saturated heterocycles. The van der Waals surface area contributed by atoms with Crippen molar-refractivity contribution in [1.29, 1.82) is 0 Å². The first kappa shape index (κ1) is 6.80.